The van der Waals surface area contributed by atoms with Gasteiger partial charge in [-0.05, 0) is 12.0 Å². The molecule has 0 aliphatic heterocycles. The van der Waals surface area contributed by atoms with Crippen LogP contribution in [0.1, 0.15) is 39.6 Å². The third-order valence-electron chi connectivity index (χ3n) is 3.02. The summed E-state index contributed by atoms with van der Waals surface area (Å²) >= 11 is 0. The Morgan fingerprint density at radius 2 is 1.47 bits per heavy atom. The fourth-order valence-corrected chi connectivity index (χ4v) is 2.07. The molecule has 0 aromatic heterocycles. The molecule has 0 amide bonds. The van der Waals surface area contributed by atoms with Gasteiger partial charge in [-0.15, -0.1) is 0 Å². The zero-order chi connectivity index (χ0) is 13.7. The van der Waals surface area contributed by atoms with Gasteiger partial charge in [-0.25, -0.2) is 0 Å². The van der Waals surface area contributed by atoms with Crippen molar-refractivity contribution in [1.29, 1.82) is 0 Å². The van der Waals surface area contributed by atoms with Crippen LogP contribution in [0, 0.1) is 0 Å². The molecule has 0 atom stereocenters. The van der Waals surface area contributed by atoms with Gasteiger partial charge < -0.3 is 0 Å². The van der Waals surface area contributed by atoms with Gasteiger partial charge in [0.25, 0.3) is 0 Å². The summed E-state index contributed by atoms with van der Waals surface area (Å²) in [6.45, 7) is 2.06. The van der Waals surface area contributed by atoms with Crippen LogP contribution >= 0.6 is 0 Å². The van der Waals surface area contributed by atoms with Crippen molar-refractivity contribution in [3.63, 3.8) is 0 Å². The molecular weight excluding hydrogens is 236 g/mol. The molecule has 0 bridgehead atoms. The van der Waals surface area contributed by atoms with Crippen molar-refractivity contribution < 1.29 is 9.59 Å². The van der Waals surface area contributed by atoms with Gasteiger partial charge in [0.15, 0.2) is 0 Å². The Hall–Kier alpha value is -2.22. The Bertz CT molecular complexity index is 585. The average molecular weight is 252 g/mol. The zero-order valence-electron chi connectivity index (χ0n) is 10.9. The van der Waals surface area contributed by atoms with Crippen LogP contribution in [0.25, 0.3) is 0 Å². The summed E-state index contributed by atoms with van der Waals surface area (Å²) in [6.07, 6.45) is 1.76. The van der Waals surface area contributed by atoms with Gasteiger partial charge in [-0.3, -0.25) is 9.59 Å². The van der Waals surface area contributed by atoms with Gasteiger partial charge >= 0.3 is 0 Å². The van der Waals surface area contributed by atoms with Gasteiger partial charge in [0.1, 0.15) is 0 Å². The van der Waals surface area contributed by atoms with Crippen molar-refractivity contribution in [2.24, 2.45) is 0 Å². The molecule has 0 heterocycles. The Labute approximate surface area is 113 Å². The standard InChI is InChI=1S/C17H16O2/c1-2-8-13-9-6-7-12-15(13)17(19)16(18)14-10-4-3-5-11-14/h3-7,9-12H,2,8H2,1H3. The molecular formula is C17H16O2. The van der Waals surface area contributed by atoms with Crippen molar-refractivity contribution in [3.8, 4) is 0 Å². The summed E-state index contributed by atoms with van der Waals surface area (Å²) in [4.78, 5) is 24.4. The maximum Gasteiger partial charge on any atom is 0.233 e. The summed E-state index contributed by atoms with van der Waals surface area (Å²) in [6, 6.07) is 16.0. The molecule has 0 fully saturated rings. The number of benzene rings is 2. The maximum absolute atomic E-state index is 12.3. The Balaban J connectivity index is 2.32. The number of Topliss-reactive ketones (excluding diaryl/α,β-unsaturated/α-hetero) is 2. The molecule has 2 aromatic rings. The van der Waals surface area contributed by atoms with Crippen LogP contribution in [0.3, 0.4) is 0 Å². The number of carbonyl (C=O) groups excluding carboxylic acids is 2. The first-order valence-electron chi connectivity index (χ1n) is 6.46. The average Bonchev–Trinajstić information content (AvgIpc) is 2.47. The van der Waals surface area contributed by atoms with Crippen LogP contribution in [0.4, 0.5) is 0 Å². The molecule has 0 unspecified atom stereocenters. The van der Waals surface area contributed by atoms with E-state index in [-0.39, 0.29) is 0 Å². The summed E-state index contributed by atoms with van der Waals surface area (Å²) in [7, 11) is 0. The number of carbonyl (C=O) groups is 2. The fourth-order valence-electron chi connectivity index (χ4n) is 2.07. The van der Waals surface area contributed by atoms with Crippen molar-refractivity contribution in [1.82, 2.24) is 0 Å². The van der Waals surface area contributed by atoms with Crippen LogP contribution in [0.2, 0.25) is 0 Å². The molecule has 2 heteroatoms. The van der Waals surface area contributed by atoms with Gasteiger partial charge in [0, 0.05) is 11.1 Å². The van der Waals surface area contributed by atoms with Crippen LogP contribution in [-0.4, -0.2) is 11.6 Å². The highest BCUT2D eigenvalue weighted by Crippen LogP contribution is 2.14. The molecule has 96 valence electrons. The lowest BCUT2D eigenvalue weighted by atomic mass is 9.95. The van der Waals surface area contributed by atoms with Gasteiger partial charge in [0.2, 0.25) is 11.6 Å². The lowest BCUT2D eigenvalue weighted by Gasteiger charge is -2.06. The summed E-state index contributed by atoms with van der Waals surface area (Å²) in [5, 5.41) is 0. The minimum Gasteiger partial charge on any atom is -0.285 e. The Morgan fingerprint density at radius 1 is 0.842 bits per heavy atom. The van der Waals surface area contributed by atoms with Crippen molar-refractivity contribution >= 4 is 11.6 Å². The normalized spacial score (nSPS) is 10.2. The first-order valence-corrected chi connectivity index (χ1v) is 6.46. The van der Waals surface area contributed by atoms with Crippen LogP contribution in [0.15, 0.2) is 54.6 Å². The quantitative estimate of drug-likeness (QED) is 0.600. The van der Waals surface area contributed by atoms with Crippen LogP contribution in [-0.2, 0) is 6.42 Å². The molecule has 0 saturated carbocycles. The van der Waals surface area contributed by atoms with E-state index in [1.807, 2.05) is 18.2 Å². The van der Waals surface area contributed by atoms with Crippen LogP contribution in [0.5, 0.6) is 0 Å². The minimum atomic E-state index is -0.441. The molecule has 0 spiro atoms. The molecule has 2 rings (SSSR count). The number of ketones is 2. The van der Waals surface area contributed by atoms with Crippen molar-refractivity contribution in [2.75, 3.05) is 0 Å². The minimum absolute atomic E-state index is 0.421. The molecule has 0 aliphatic carbocycles. The first-order chi connectivity index (χ1) is 9.24. The largest absolute Gasteiger partial charge is 0.285 e. The number of aryl methyl sites for hydroxylation is 1. The van der Waals surface area contributed by atoms with E-state index in [0.29, 0.717) is 11.1 Å². The van der Waals surface area contributed by atoms with E-state index in [0.717, 1.165) is 18.4 Å². The number of rotatable bonds is 5. The second kappa shape index (κ2) is 6.10. The predicted octanol–water partition coefficient (Wildman–Crippen LogP) is 3.70. The molecule has 2 nitrogen and oxygen atoms in total. The van der Waals surface area contributed by atoms with E-state index < -0.39 is 11.6 Å². The lowest BCUT2D eigenvalue weighted by molar-refractivity contribution is 0.0816. The maximum atomic E-state index is 12.3. The third-order valence-corrected chi connectivity index (χ3v) is 3.02. The second-order valence-electron chi connectivity index (χ2n) is 4.43. The van der Waals surface area contributed by atoms with E-state index >= 15 is 0 Å². The van der Waals surface area contributed by atoms with E-state index in [1.165, 1.54) is 0 Å². The monoisotopic (exact) mass is 252 g/mol. The van der Waals surface area contributed by atoms with Gasteiger partial charge in [0.05, 0.1) is 0 Å². The van der Waals surface area contributed by atoms with E-state index in [9.17, 15) is 9.59 Å². The second-order valence-corrected chi connectivity index (χ2v) is 4.43. The highest BCUT2D eigenvalue weighted by atomic mass is 16.2. The number of hydrogen-bond donors (Lipinski definition) is 0. The molecule has 0 saturated heterocycles. The summed E-state index contributed by atoms with van der Waals surface area (Å²) in [5.74, 6) is -0.862. The topological polar surface area (TPSA) is 34.1 Å². The molecule has 2 aromatic carbocycles. The molecule has 0 radical (unpaired) electrons. The van der Waals surface area contributed by atoms with E-state index in [4.69, 9.17) is 0 Å². The van der Waals surface area contributed by atoms with E-state index in [2.05, 4.69) is 6.92 Å². The third kappa shape index (κ3) is 2.97. The van der Waals surface area contributed by atoms with Gasteiger partial charge in [-0.1, -0.05) is 67.9 Å². The summed E-state index contributed by atoms with van der Waals surface area (Å²) < 4.78 is 0. The molecule has 19 heavy (non-hydrogen) atoms. The highest BCUT2D eigenvalue weighted by Gasteiger charge is 2.20. The Kier molecular flexibility index (Phi) is 4.24. The highest BCUT2D eigenvalue weighted by molar-refractivity contribution is 6.49. The summed E-state index contributed by atoms with van der Waals surface area (Å²) in [5.41, 5.74) is 1.91. The van der Waals surface area contributed by atoms with Crippen LogP contribution < -0.4 is 0 Å². The van der Waals surface area contributed by atoms with Crippen molar-refractivity contribution in [3.05, 3.63) is 71.3 Å². The first kappa shape index (κ1) is 13.2. The van der Waals surface area contributed by atoms with Gasteiger partial charge in [-0.2, -0.15) is 0 Å². The molecule has 0 N–H and O–H groups in total. The SMILES string of the molecule is CCCc1ccccc1C(=O)C(=O)c1ccccc1. The zero-order valence-corrected chi connectivity index (χ0v) is 10.9. The number of hydrogen-bond acceptors (Lipinski definition) is 2. The molecule has 0 aliphatic rings. The predicted molar refractivity (Wildman–Crippen MR) is 75.5 cm³/mol. The fraction of sp³-hybridized carbons (Fsp3) is 0.176. The van der Waals surface area contributed by atoms with E-state index in [1.54, 1.807) is 36.4 Å². The van der Waals surface area contributed by atoms with Crippen molar-refractivity contribution in [2.45, 2.75) is 19.8 Å². The smallest absolute Gasteiger partial charge is 0.233 e. The lowest BCUT2D eigenvalue weighted by Crippen LogP contribution is -2.16. The Morgan fingerprint density at radius 3 is 2.16 bits per heavy atom.